The Hall–Kier alpha value is -1.18. The van der Waals surface area contributed by atoms with Crippen molar-refractivity contribution in [1.82, 2.24) is 10.0 Å². The molecule has 0 aromatic heterocycles. The van der Waals surface area contributed by atoms with E-state index in [0.29, 0.717) is 13.0 Å². The zero-order valence-corrected chi connectivity index (χ0v) is 12.1. The van der Waals surface area contributed by atoms with Gasteiger partial charge >= 0.3 is 0 Å². The molecule has 1 amide bonds. The SMILES string of the molecule is O=C1NCCCC[C@@H]1NS(=O)(=O)c1ccc(F)c(Cl)c1. The Morgan fingerprint density at radius 3 is 2.80 bits per heavy atom. The van der Waals surface area contributed by atoms with Gasteiger partial charge in [0.25, 0.3) is 0 Å². The van der Waals surface area contributed by atoms with Gasteiger partial charge in [0.2, 0.25) is 15.9 Å². The lowest BCUT2D eigenvalue weighted by Gasteiger charge is -2.15. The van der Waals surface area contributed by atoms with Crippen LogP contribution in [0.3, 0.4) is 0 Å². The second-order valence-electron chi connectivity index (χ2n) is 4.54. The van der Waals surface area contributed by atoms with E-state index in [4.69, 9.17) is 11.6 Å². The molecule has 0 aliphatic carbocycles. The van der Waals surface area contributed by atoms with Crippen LogP contribution in [0.2, 0.25) is 5.02 Å². The molecule has 2 rings (SSSR count). The van der Waals surface area contributed by atoms with Crippen LogP contribution in [-0.2, 0) is 14.8 Å². The third-order valence-corrected chi connectivity index (χ3v) is 4.79. The highest BCUT2D eigenvalue weighted by Gasteiger charge is 2.27. The smallest absolute Gasteiger partial charge is 0.241 e. The average molecular weight is 321 g/mol. The molecule has 0 spiro atoms. The molecule has 1 fully saturated rings. The summed E-state index contributed by atoms with van der Waals surface area (Å²) < 4.78 is 39.7. The van der Waals surface area contributed by atoms with Gasteiger partial charge in [-0.15, -0.1) is 0 Å². The molecule has 1 atom stereocenters. The van der Waals surface area contributed by atoms with Gasteiger partial charge in [0.15, 0.2) is 0 Å². The molecular weight excluding hydrogens is 307 g/mol. The third kappa shape index (κ3) is 3.47. The standard InChI is InChI=1S/C12H14ClFN2O3S/c13-9-7-8(4-5-10(9)14)20(18,19)16-11-3-1-2-6-15-12(11)17/h4-5,7,11,16H,1-3,6H2,(H,15,17)/t11-/m0/s1. The van der Waals surface area contributed by atoms with Crippen molar-refractivity contribution < 1.29 is 17.6 Å². The molecule has 20 heavy (non-hydrogen) atoms. The topological polar surface area (TPSA) is 75.3 Å². The minimum Gasteiger partial charge on any atom is -0.355 e. The molecule has 1 aliphatic rings. The average Bonchev–Trinajstić information content (AvgIpc) is 2.58. The number of sulfonamides is 1. The van der Waals surface area contributed by atoms with Crippen molar-refractivity contribution in [2.24, 2.45) is 0 Å². The molecule has 110 valence electrons. The number of hydrogen-bond acceptors (Lipinski definition) is 3. The van der Waals surface area contributed by atoms with E-state index in [0.717, 1.165) is 31.0 Å². The number of rotatable bonds is 3. The van der Waals surface area contributed by atoms with Crippen LogP contribution in [0.25, 0.3) is 0 Å². The Morgan fingerprint density at radius 1 is 1.35 bits per heavy atom. The predicted octanol–water partition coefficient (Wildman–Crippen LogP) is 1.43. The Balaban J connectivity index is 2.21. The summed E-state index contributed by atoms with van der Waals surface area (Å²) in [4.78, 5) is 11.6. The normalized spacial score (nSPS) is 20.3. The molecule has 0 bridgehead atoms. The molecule has 0 saturated carbocycles. The first kappa shape index (κ1) is 15.2. The molecule has 0 unspecified atom stereocenters. The van der Waals surface area contributed by atoms with E-state index < -0.39 is 21.9 Å². The molecule has 1 aromatic rings. The Labute approximate surface area is 121 Å². The monoisotopic (exact) mass is 320 g/mol. The van der Waals surface area contributed by atoms with Crippen LogP contribution in [0.5, 0.6) is 0 Å². The first-order valence-corrected chi connectivity index (χ1v) is 8.01. The molecule has 8 heteroatoms. The fourth-order valence-electron chi connectivity index (χ4n) is 1.95. The Kier molecular flexibility index (Phi) is 4.62. The molecule has 1 heterocycles. The summed E-state index contributed by atoms with van der Waals surface area (Å²) in [6.07, 6.45) is 1.99. The van der Waals surface area contributed by atoms with Gasteiger partial charge in [-0.1, -0.05) is 11.6 Å². The predicted molar refractivity (Wildman–Crippen MR) is 72.4 cm³/mol. The van der Waals surface area contributed by atoms with E-state index in [1.807, 2.05) is 0 Å². The Morgan fingerprint density at radius 2 is 2.10 bits per heavy atom. The number of benzene rings is 1. The van der Waals surface area contributed by atoms with Gasteiger partial charge in [-0.2, -0.15) is 4.72 Å². The first-order valence-electron chi connectivity index (χ1n) is 6.15. The van der Waals surface area contributed by atoms with Gasteiger partial charge in [0, 0.05) is 6.54 Å². The van der Waals surface area contributed by atoms with Gasteiger partial charge in [-0.3, -0.25) is 4.79 Å². The number of halogens is 2. The van der Waals surface area contributed by atoms with E-state index in [1.54, 1.807) is 0 Å². The second kappa shape index (κ2) is 6.07. The fraction of sp³-hybridized carbons (Fsp3) is 0.417. The number of carbonyl (C=O) groups is 1. The van der Waals surface area contributed by atoms with Crippen LogP contribution in [0.1, 0.15) is 19.3 Å². The van der Waals surface area contributed by atoms with Crippen LogP contribution >= 0.6 is 11.6 Å². The summed E-state index contributed by atoms with van der Waals surface area (Å²) in [5.74, 6) is -1.04. The highest BCUT2D eigenvalue weighted by atomic mass is 35.5. The summed E-state index contributed by atoms with van der Waals surface area (Å²) in [6, 6.07) is 2.29. The van der Waals surface area contributed by atoms with E-state index in [-0.39, 0.29) is 15.8 Å². The van der Waals surface area contributed by atoms with E-state index in [9.17, 15) is 17.6 Å². The lowest BCUT2D eigenvalue weighted by Crippen LogP contribution is -2.45. The summed E-state index contributed by atoms with van der Waals surface area (Å²) in [5.41, 5.74) is 0. The van der Waals surface area contributed by atoms with Crippen LogP contribution < -0.4 is 10.0 Å². The molecule has 5 nitrogen and oxygen atoms in total. The van der Waals surface area contributed by atoms with Crippen LogP contribution in [0.4, 0.5) is 4.39 Å². The van der Waals surface area contributed by atoms with Gasteiger partial charge < -0.3 is 5.32 Å². The Bertz CT molecular complexity index is 621. The maximum absolute atomic E-state index is 13.0. The first-order chi connectivity index (χ1) is 9.40. The van der Waals surface area contributed by atoms with Gasteiger partial charge in [-0.25, -0.2) is 12.8 Å². The summed E-state index contributed by atoms with van der Waals surface area (Å²) >= 11 is 5.57. The summed E-state index contributed by atoms with van der Waals surface area (Å²) in [6.45, 7) is 0.541. The van der Waals surface area contributed by atoms with Gasteiger partial charge in [0.1, 0.15) is 11.9 Å². The highest BCUT2D eigenvalue weighted by Crippen LogP contribution is 2.20. The van der Waals surface area contributed by atoms with Crippen molar-refractivity contribution in [2.45, 2.75) is 30.2 Å². The maximum Gasteiger partial charge on any atom is 0.241 e. The van der Waals surface area contributed by atoms with Crippen molar-refractivity contribution in [3.8, 4) is 0 Å². The molecule has 2 N–H and O–H groups in total. The zero-order chi connectivity index (χ0) is 14.8. The van der Waals surface area contributed by atoms with E-state index in [1.165, 1.54) is 0 Å². The van der Waals surface area contributed by atoms with Crippen molar-refractivity contribution >= 4 is 27.5 Å². The highest BCUT2D eigenvalue weighted by molar-refractivity contribution is 7.89. The van der Waals surface area contributed by atoms with Crippen molar-refractivity contribution in [3.05, 3.63) is 29.0 Å². The summed E-state index contributed by atoms with van der Waals surface area (Å²) in [5, 5.41) is 2.36. The lowest BCUT2D eigenvalue weighted by molar-refractivity contribution is -0.122. The minimum absolute atomic E-state index is 0.166. The van der Waals surface area contributed by atoms with Gasteiger partial charge in [-0.05, 0) is 37.5 Å². The molecular formula is C12H14ClFN2O3S. The molecule has 0 radical (unpaired) electrons. The summed E-state index contributed by atoms with van der Waals surface area (Å²) in [7, 11) is -3.91. The van der Waals surface area contributed by atoms with Crippen molar-refractivity contribution in [1.29, 1.82) is 0 Å². The van der Waals surface area contributed by atoms with Crippen LogP contribution in [0, 0.1) is 5.82 Å². The third-order valence-electron chi connectivity index (χ3n) is 3.03. The minimum atomic E-state index is -3.91. The van der Waals surface area contributed by atoms with Gasteiger partial charge in [0.05, 0.1) is 9.92 Å². The van der Waals surface area contributed by atoms with Crippen molar-refractivity contribution in [3.63, 3.8) is 0 Å². The van der Waals surface area contributed by atoms with E-state index in [2.05, 4.69) is 10.0 Å². The quantitative estimate of drug-likeness (QED) is 0.884. The van der Waals surface area contributed by atoms with Crippen LogP contribution in [-0.4, -0.2) is 26.9 Å². The lowest BCUT2D eigenvalue weighted by atomic mass is 10.1. The maximum atomic E-state index is 13.0. The largest absolute Gasteiger partial charge is 0.355 e. The number of nitrogens with one attached hydrogen (secondary N) is 2. The fourth-order valence-corrected chi connectivity index (χ4v) is 3.45. The second-order valence-corrected chi connectivity index (χ2v) is 6.66. The number of hydrogen-bond donors (Lipinski definition) is 2. The molecule has 1 aliphatic heterocycles. The zero-order valence-electron chi connectivity index (χ0n) is 10.5. The number of amides is 1. The molecule has 1 saturated heterocycles. The van der Waals surface area contributed by atoms with E-state index >= 15 is 0 Å². The van der Waals surface area contributed by atoms with Crippen LogP contribution in [0.15, 0.2) is 23.1 Å². The molecule has 1 aromatic carbocycles. The van der Waals surface area contributed by atoms with Crippen molar-refractivity contribution in [2.75, 3.05) is 6.54 Å². The number of carbonyl (C=O) groups excluding carboxylic acids is 1.